The molecule has 1 saturated heterocycles. The van der Waals surface area contributed by atoms with Crippen LogP contribution >= 0.6 is 0 Å². The van der Waals surface area contributed by atoms with Crippen molar-refractivity contribution in [3.8, 4) is 0 Å². The fraction of sp³-hybridized carbons (Fsp3) is 0.786. The molecular formula is C14H26N4. The predicted octanol–water partition coefficient (Wildman–Crippen LogP) is 2.03. The SMILES string of the molecule is CC(C)(C)n1cc(C2CCC(CCN)CN2)cn1. The molecule has 3 N–H and O–H groups in total. The van der Waals surface area contributed by atoms with Gasteiger partial charge in [-0.15, -0.1) is 0 Å². The van der Waals surface area contributed by atoms with E-state index in [4.69, 9.17) is 5.73 Å². The number of hydrogen-bond acceptors (Lipinski definition) is 3. The standard InChI is InChI=1S/C14H26N4/c1-14(2,3)18-10-12(9-17-18)13-5-4-11(6-7-15)8-16-13/h9-11,13,16H,4-8,15H2,1-3H3. The zero-order chi connectivity index (χ0) is 13.2. The molecule has 4 heteroatoms. The van der Waals surface area contributed by atoms with E-state index in [-0.39, 0.29) is 5.54 Å². The zero-order valence-electron chi connectivity index (χ0n) is 11.8. The van der Waals surface area contributed by atoms with Crippen LogP contribution in [0.3, 0.4) is 0 Å². The summed E-state index contributed by atoms with van der Waals surface area (Å²) in [6, 6.07) is 0.468. The first kappa shape index (κ1) is 13.6. The van der Waals surface area contributed by atoms with Gasteiger partial charge in [-0.25, -0.2) is 0 Å². The maximum atomic E-state index is 5.62. The number of piperidine rings is 1. The Labute approximate surface area is 110 Å². The molecule has 0 radical (unpaired) electrons. The maximum Gasteiger partial charge on any atom is 0.0543 e. The second-order valence-corrected chi connectivity index (χ2v) is 6.37. The summed E-state index contributed by atoms with van der Waals surface area (Å²) >= 11 is 0. The third-order valence-corrected chi connectivity index (χ3v) is 3.78. The van der Waals surface area contributed by atoms with Gasteiger partial charge in [0.2, 0.25) is 0 Å². The summed E-state index contributed by atoms with van der Waals surface area (Å²) in [7, 11) is 0. The van der Waals surface area contributed by atoms with E-state index in [1.54, 1.807) is 0 Å². The van der Waals surface area contributed by atoms with Crippen molar-refractivity contribution in [3.05, 3.63) is 18.0 Å². The summed E-state index contributed by atoms with van der Waals surface area (Å²) in [5, 5.41) is 8.10. The van der Waals surface area contributed by atoms with Crippen LogP contribution in [0.1, 0.15) is 51.6 Å². The Kier molecular flexibility index (Phi) is 4.07. The highest BCUT2D eigenvalue weighted by Gasteiger charge is 2.23. The molecular weight excluding hydrogens is 224 g/mol. The van der Waals surface area contributed by atoms with E-state index in [2.05, 4.69) is 42.1 Å². The summed E-state index contributed by atoms with van der Waals surface area (Å²) in [6.45, 7) is 8.42. The summed E-state index contributed by atoms with van der Waals surface area (Å²) < 4.78 is 2.05. The first-order valence-electron chi connectivity index (χ1n) is 6.99. The molecule has 0 amide bonds. The van der Waals surface area contributed by atoms with E-state index in [0.717, 1.165) is 25.4 Å². The summed E-state index contributed by atoms with van der Waals surface area (Å²) in [5.74, 6) is 0.754. The van der Waals surface area contributed by atoms with E-state index in [0.29, 0.717) is 6.04 Å². The van der Waals surface area contributed by atoms with Crippen LogP contribution in [0.2, 0.25) is 0 Å². The molecule has 18 heavy (non-hydrogen) atoms. The fourth-order valence-corrected chi connectivity index (χ4v) is 2.57. The van der Waals surface area contributed by atoms with Crippen molar-refractivity contribution in [2.75, 3.05) is 13.1 Å². The highest BCUT2D eigenvalue weighted by Crippen LogP contribution is 2.27. The quantitative estimate of drug-likeness (QED) is 0.863. The lowest BCUT2D eigenvalue weighted by Crippen LogP contribution is -2.34. The van der Waals surface area contributed by atoms with E-state index in [1.165, 1.54) is 18.4 Å². The van der Waals surface area contributed by atoms with Crippen molar-refractivity contribution in [2.24, 2.45) is 11.7 Å². The molecule has 0 spiro atoms. The van der Waals surface area contributed by atoms with Gasteiger partial charge in [0.15, 0.2) is 0 Å². The maximum absolute atomic E-state index is 5.62. The topological polar surface area (TPSA) is 55.9 Å². The number of aromatic nitrogens is 2. The number of hydrogen-bond donors (Lipinski definition) is 2. The van der Waals surface area contributed by atoms with E-state index in [1.807, 2.05) is 6.20 Å². The normalized spacial score (nSPS) is 25.3. The largest absolute Gasteiger partial charge is 0.330 e. The Hall–Kier alpha value is -0.870. The smallest absolute Gasteiger partial charge is 0.0543 e. The fourth-order valence-electron chi connectivity index (χ4n) is 2.57. The Bertz CT molecular complexity index is 369. The van der Waals surface area contributed by atoms with Crippen molar-refractivity contribution in [1.82, 2.24) is 15.1 Å². The minimum absolute atomic E-state index is 0.0645. The molecule has 0 aromatic carbocycles. The number of nitrogens with one attached hydrogen (secondary N) is 1. The lowest BCUT2D eigenvalue weighted by atomic mass is 9.90. The molecule has 4 nitrogen and oxygen atoms in total. The molecule has 2 unspecified atom stereocenters. The van der Waals surface area contributed by atoms with Crippen LogP contribution in [0, 0.1) is 5.92 Å². The molecule has 0 saturated carbocycles. The molecule has 1 aromatic heterocycles. The lowest BCUT2D eigenvalue weighted by molar-refractivity contribution is 0.302. The Morgan fingerprint density at radius 1 is 1.44 bits per heavy atom. The van der Waals surface area contributed by atoms with E-state index >= 15 is 0 Å². The highest BCUT2D eigenvalue weighted by molar-refractivity contribution is 5.12. The molecule has 2 atom stereocenters. The van der Waals surface area contributed by atoms with Gasteiger partial charge in [-0.1, -0.05) is 0 Å². The average molecular weight is 250 g/mol. The summed E-state index contributed by atoms with van der Waals surface area (Å²) in [4.78, 5) is 0. The molecule has 2 rings (SSSR count). The zero-order valence-corrected chi connectivity index (χ0v) is 11.8. The lowest BCUT2D eigenvalue weighted by Gasteiger charge is -2.29. The van der Waals surface area contributed by atoms with Crippen LogP contribution in [0.15, 0.2) is 12.4 Å². The van der Waals surface area contributed by atoms with Crippen LogP contribution < -0.4 is 11.1 Å². The van der Waals surface area contributed by atoms with Crippen molar-refractivity contribution in [2.45, 2.75) is 51.6 Å². The molecule has 102 valence electrons. The van der Waals surface area contributed by atoms with Gasteiger partial charge in [-0.3, -0.25) is 4.68 Å². The molecule has 1 aliphatic heterocycles. The van der Waals surface area contributed by atoms with E-state index in [9.17, 15) is 0 Å². The third-order valence-electron chi connectivity index (χ3n) is 3.78. The summed E-state index contributed by atoms with van der Waals surface area (Å²) in [6.07, 6.45) is 7.80. The Morgan fingerprint density at radius 2 is 2.22 bits per heavy atom. The average Bonchev–Trinajstić information content (AvgIpc) is 2.79. The predicted molar refractivity (Wildman–Crippen MR) is 74.4 cm³/mol. The monoisotopic (exact) mass is 250 g/mol. The third kappa shape index (κ3) is 3.12. The van der Waals surface area contributed by atoms with Crippen LogP contribution in [0.5, 0.6) is 0 Å². The van der Waals surface area contributed by atoms with E-state index < -0.39 is 0 Å². The Balaban J connectivity index is 1.95. The van der Waals surface area contributed by atoms with Crippen molar-refractivity contribution in [3.63, 3.8) is 0 Å². The van der Waals surface area contributed by atoms with Gasteiger partial charge in [0.1, 0.15) is 0 Å². The van der Waals surface area contributed by atoms with Crippen LogP contribution in [0.4, 0.5) is 0 Å². The van der Waals surface area contributed by atoms with Crippen molar-refractivity contribution in [1.29, 1.82) is 0 Å². The van der Waals surface area contributed by atoms with Crippen LogP contribution in [0.25, 0.3) is 0 Å². The Morgan fingerprint density at radius 3 is 2.72 bits per heavy atom. The first-order valence-corrected chi connectivity index (χ1v) is 6.99. The van der Waals surface area contributed by atoms with Crippen LogP contribution in [-0.4, -0.2) is 22.9 Å². The van der Waals surface area contributed by atoms with Gasteiger partial charge in [0, 0.05) is 17.8 Å². The molecule has 1 aliphatic rings. The minimum atomic E-state index is 0.0645. The number of nitrogens with zero attached hydrogens (tertiary/aromatic N) is 2. The first-order chi connectivity index (χ1) is 8.50. The molecule has 0 bridgehead atoms. The van der Waals surface area contributed by atoms with Crippen molar-refractivity contribution >= 4 is 0 Å². The van der Waals surface area contributed by atoms with Crippen LogP contribution in [-0.2, 0) is 5.54 Å². The van der Waals surface area contributed by atoms with Crippen molar-refractivity contribution < 1.29 is 0 Å². The highest BCUT2D eigenvalue weighted by atomic mass is 15.3. The molecule has 1 aromatic rings. The van der Waals surface area contributed by atoms with Gasteiger partial charge in [-0.05, 0) is 59.0 Å². The molecule has 2 heterocycles. The number of rotatable bonds is 3. The second kappa shape index (κ2) is 5.41. The minimum Gasteiger partial charge on any atom is -0.330 e. The number of nitrogens with two attached hydrogens (primary N) is 1. The van der Waals surface area contributed by atoms with Gasteiger partial charge in [-0.2, -0.15) is 5.10 Å². The summed E-state index contributed by atoms with van der Waals surface area (Å²) in [5.41, 5.74) is 7.00. The second-order valence-electron chi connectivity index (χ2n) is 6.37. The van der Waals surface area contributed by atoms with Gasteiger partial charge in [0.25, 0.3) is 0 Å². The molecule has 1 fully saturated rings. The van der Waals surface area contributed by atoms with Gasteiger partial charge in [0.05, 0.1) is 11.7 Å². The van der Waals surface area contributed by atoms with Gasteiger partial charge < -0.3 is 11.1 Å². The molecule has 0 aliphatic carbocycles. The van der Waals surface area contributed by atoms with Gasteiger partial charge >= 0.3 is 0 Å².